The fourth-order valence-electron chi connectivity index (χ4n) is 0. The molecule has 0 atom stereocenters. The van der Waals surface area contributed by atoms with Crippen molar-refractivity contribution < 1.29 is 15.4 Å². The van der Waals surface area contributed by atoms with Gasteiger partial charge in [0.15, 0.2) is 0 Å². The molecule has 0 fully saturated rings. The van der Waals surface area contributed by atoms with Gasteiger partial charge >= 0.3 is 23.1 Å². The van der Waals surface area contributed by atoms with Gasteiger partial charge in [0.1, 0.15) is 0 Å². The molecule has 0 aromatic carbocycles. The summed E-state index contributed by atoms with van der Waals surface area (Å²) >= 11 is 0. The fourth-order valence-corrected chi connectivity index (χ4v) is 0. The van der Waals surface area contributed by atoms with E-state index in [9.17, 15) is 0 Å². The third-order valence-corrected chi connectivity index (χ3v) is 0. The molecule has 3 nitrogen and oxygen atoms in total. The summed E-state index contributed by atoms with van der Waals surface area (Å²) in [6.07, 6.45) is 0. The third-order valence-electron chi connectivity index (χ3n) is 0. The van der Waals surface area contributed by atoms with Crippen molar-refractivity contribution >= 4 is 29.5 Å². The van der Waals surface area contributed by atoms with Crippen molar-refractivity contribution in [2.75, 3.05) is 0 Å². The minimum absolute atomic E-state index is 0. The summed E-state index contributed by atoms with van der Waals surface area (Å²) in [4.78, 5) is 8.24. The van der Waals surface area contributed by atoms with Gasteiger partial charge in [0.25, 0.3) is 0 Å². The summed E-state index contributed by atoms with van der Waals surface area (Å²) < 4.78 is 0. The first kappa shape index (κ1) is 19.0. The molecule has 0 saturated carbocycles. The van der Waals surface area contributed by atoms with Gasteiger partial charge in [-0.15, -0.1) is 0 Å². The van der Waals surface area contributed by atoms with Crippen LogP contribution in [-0.2, 0) is 4.79 Å². The Kier molecular flexibility index (Phi) is 114. The molecule has 5 heavy (non-hydrogen) atoms. The predicted molar refractivity (Wildman–Crippen MR) is 16.0 cm³/mol. The number of hydrogen-bond donors (Lipinski definition) is 1. The Labute approximate surface area is 45.4 Å². The maximum Gasteiger partial charge on any atom is 2.00 e. The third kappa shape index (κ3) is 526. The van der Waals surface area contributed by atoms with E-state index in [0.29, 0.717) is 6.47 Å². The number of rotatable bonds is 0. The summed E-state index contributed by atoms with van der Waals surface area (Å²) in [5, 5.41) is 6.76. The van der Waals surface area contributed by atoms with Gasteiger partial charge in [0.2, 0.25) is 0 Å². The molecule has 0 aliphatic carbocycles. The molecule has 0 aromatic heterocycles. The molecule has 0 radical (unpaired) electrons. The molecule has 4 heteroatoms. The second-order valence-electron chi connectivity index (χ2n) is 0.0913. The van der Waals surface area contributed by atoms with Gasteiger partial charge in [-0.05, 0) is 0 Å². The van der Waals surface area contributed by atoms with Gasteiger partial charge in [-0.1, -0.05) is 6.47 Å². The van der Waals surface area contributed by atoms with Crippen LogP contribution < -0.4 is 0 Å². The Hall–Kier alpha value is 0.196. The van der Waals surface area contributed by atoms with Crippen molar-refractivity contribution in [1.82, 2.24) is 0 Å². The molecule has 0 aromatic rings. The van der Waals surface area contributed by atoms with E-state index in [2.05, 4.69) is 0 Å². The predicted octanol–water partition coefficient (Wildman–Crippen LogP) is -0.946. The van der Waals surface area contributed by atoms with Crippen LogP contribution >= 0.6 is 0 Å². The van der Waals surface area contributed by atoms with Crippen LogP contribution in [0.15, 0.2) is 0 Å². The van der Waals surface area contributed by atoms with Crippen LogP contribution in [0.5, 0.6) is 0 Å². The SMILES string of the molecule is O=[C-]O.[Mg+2].[OH-]. The van der Waals surface area contributed by atoms with Gasteiger partial charge in [0, 0.05) is 0 Å². The smallest absolute Gasteiger partial charge is 0.870 e. The van der Waals surface area contributed by atoms with Crippen molar-refractivity contribution in [2.45, 2.75) is 0 Å². The summed E-state index contributed by atoms with van der Waals surface area (Å²) in [6, 6.07) is 0. The van der Waals surface area contributed by atoms with Crippen molar-refractivity contribution in [1.29, 1.82) is 0 Å². The maximum absolute atomic E-state index is 8.24. The van der Waals surface area contributed by atoms with Crippen LogP contribution in [0, 0.1) is 0 Å². The molecule has 0 aliphatic heterocycles. The second kappa shape index (κ2) is 30.0. The standard InChI is InChI=1S/CHO2.Mg.H2O/c2-1-3;;/h(H,2,3);;1H2/q-1;+2;/p-1. The molecular weight excluding hydrogens is 84.3 g/mol. The molecule has 0 unspecified atom stereocenters. The minimum atomic E-state index is 0. The van der Waals surface area contributed by atoms with E-state index >= 15 is 0 Å². The van der Waals surface area contributed by atoms with Crippen molar-refractivity contribution in [2.24, 2.45) is 0 Å². The molecule has 26 valence electrons. The van der Waals surface area contributed by atoms with Crippen LogP contribution in [0.2, 0.25) is 0 Å². The summed E-state index contributed by atoms with van der Waals surface area (Å²) in [7, 11) is 0. The zero-order chi connectivity index (χ0) is 2.71. The monoisotopic (exact) mass is 86.0 g/mol. The van der Waals surface area contributed by atoms with Crippen LogP contribution in [0.3, 0.4) is 0 Å². The summed E-state index contributed by atoms with van der Waals surface area (Å²) in [5.74, 6) is 0. The minimum Gasteiger partial charge on any atom is -0.870 e. The zero-order valence-electron chi connectivity index (χ0n) is 2.51. The van der Waals surface area contributed by atoms with Crippen LogP contribution in [0.1, 0.15) is 0 Å². The Morgan fingerprint density at radius 2 is 1.60 bits per heavy atom. The second-order valence-corrected chi connectivity index (χ2v) is 0.0913. The van der Waals surface area contributed by atoms with Crippen LogP contribution in [-0.4, -0.2) is 40.1 Å². The van der Waals surface area contributed by atoms with E-state index in [0.717, 1.165) is 0 Å². The van der Waals surface area contributed by atoms with Gasteiger partial charge in [0.05, 0.1) is 0 Å². The van der Waals surface area contributed by atoms with Crippen LogP contribution in [0.25, 0.3) is 0 Å². The molecule has 0 amide bonds. The van der Waals surface area contributed by atoms with E-state index in [1.165, 1.54) is 0 Å². The van der Waals surface area contributed by atoms with Gasteiger partial charge < -0.3 is 15.4 Å². The largest absolute Gasteiger partial charge is 2.00 e. The fraction of sp³-hybridized carbons (Fsp3) is 0. The first-order chi connectivity index (χ1) is 1.41. The Bertz CT molecular complexity index is 14.4. The molecule has 2 N–H and O–H groups in total. The van der Waals surface area contributed by atoms with Crippen molar-refractivity contribution in [3.63, 3.8) is 0 Å². The molecule has 0 aliphatic rings. The first-order valence-corrected chi connectivity index (χ1v) is 0.428. The van der Waals surface area contributed by atoms with Crippen molar-refractivity contribution in [3.8, 4) is 0 Å². The topological polar surface area (TPSA) is 67.3 Å². The molecule has 0 spiro atoms. The summed E-state index contributed by atoms with van der Waals surface area (Å²) in [6.45, 7) is 0.500. The average molecular weight is 86.3 g/mol. The Morgan fingerprint density at radius 3 is 1.60 bits per heavy atom. The molecule has 0 rings (SSSR count). The van der Waals surface area contributed by atoms with Gasteiger partial charge in [-0.2, -0.15) is 0 Å². The first-order valence-electron chi connectivity index (χ1n) is 0.428. The van der Waals surface area contributed by atoms with E-state index in [1.807, 2.05) is 0 Å². The number of hydrogen-bond acceptors (Lipinski definition) is 2. The Balaban J connectivity index is -0.0000000200. The molecule has 0 heterocycles. The van der Waals surface area contributed by atoms with E-state index in [4.69, 9.17) is 9.90 Å². The van der Waals surface area contributed by atoms with Crippen molar-refractivity contribution in [3.05, 3.63) is 0 Å². The van der Waals surface area contributed by atoms with E-state index in [1.54, 1.807) is 0 Å². The molecular formula is CH2MgO3. The average Bonchev–Trinajstić information content (AvgIpc) is 0.918. The maximum atomic E-state index is 8.24. The summed E-state index contributed by atoms with van der Waals surface area (Å²) in [5.41, 5.74) is 0. The van der Waals surface area contributed by atoms with E-state index < -0.39 is 0 Å². The van der Waals surface area contributed by atoms with Gasteiger partial charge in [-0.25, -0.2) is 0 Å². The Morgan fingerprint density at radius 1 is 1.60 bits per heavy atom. The normalized spacial score (nSPS) is 2.40. The van der Waals surface area contributed by atoms with E-state index in [-0.39, 0.29) is 28.5 Å². The number of aliphatic hydroxyl groups excluding tert-OH is 1. The van der Waals surface area contributed by atoms with Crippen LogP contribution in [0.4, 0.5) is 0 Å². The zero-order valence-corrected chi connectivity index (χ0v) is 3.92. The molecule has 0 saturated heterocycles. The quantitative estimate of drug-likeness (QED) is 0.305. The molecule has 0 bridgehead atoms. The van der Waals surface area contributed by atoms with Gasteiger partial charge in [-0.3, -0.25) is 0 Å².